The fourth-order valence-electron chi connectivity index (χ4n) is 8.85. The molecule has 64 heavy (non-hydrogen) atoms. The molecule has 0 radical (unpaired) electrons. The van der Waals surface area contributed by atoms with Crippen molar-refractivity contribution in [3.8, 4) is 0 Å². The summed E-state index contributed by atoms with van der Waals surface area (Å²) < 4.78 is 0. The maximum Gasteiger partial charge on any atom is 0.249 e. The molecule has 0 rings (SSSR count). The van der Waals surface area contributed by atoms with Crippen molar-refractivity contribution in [2.24, 2.45) is 0 Å². The summed E-state index contributed by atoms with van der Waals surface area (Å²) in [6.45, 7) is 4.07. The number of amides is 1. The van der Waals surface area contributed by atoms with E-state index in [4.69, 9.17) is 0 Å². The Bertz CT molecular complexity index is 1010. The summed E-state index contributed by atoms with van der Waals surface area (Å²) in [7, 11) is 0. The Morgan fingerprint density at radius 2 is 0.656 bits per heavy atom. The second-order valence-electron chi connectivity index (χ2n) is 19.6. The summed E-state index contributed by atoms with van der Waals surface area (Å²) in [4.78, 5) is 12.6. The van der Waals surface area contributed by atoms with Crippen molar-refractivity contribution in [1.29, 1.82) is 0 Å². The molecule has 0 aliphatic heterocycles. The monoisotopic (exact) mass is 902 g/mol. The predicted molar refractivity (Wildman–Crippen MR) is 279 cm³/mol. The molecule has 4 atom stereocenters. The van der Waals surface area contributed by atoms with Gasteiger partial charge in [-0.05, 0) is 64.2 Å². The second kappa shape index (κ2) is 52.5. The van der Waals surface area contributed by atoms with E-state index in [2.05, 4.69) is 55.6 Å². The highest BCUT2D eigenvalue weighted by molar-refractivity contribution is 5.80. The van der Waals surface area contributed by atoms with Gasteiger partial charge in [0.15, 0.2) is 0 Å². The van der Waals surface area contributed by atoms with Crippen LogP contribution < -0.4 is 5.32 Å². The number of aliphatic hydroxyl groups excluding tert-OH is 4. The molecule has 1 amide bonds. The minimum atomic E-state index is -1.29. The van der Waals surface area contributed by atoms with Crippen molar-refractivity contribution >= 4 is 5.91 Å². The van der Waals surface area contributed by atoms with Gasteiger partial charge < -0.3 is 25.7 Å². The van der Waals surface area contributed by atoms with E-state index in [0.717, 1.165) is 51.4 Å². The first-order chi connectivity index (χ1) is 31.5. The van der Waals surface area contributed by atoms with Crippen molar-refractivity contribution in [2.75, 3.05) is 6.61 Å². The van der Waals surface area contributed by atoms with Gasteiger partial charge in [0.25, 0.3) is 0 Å². The quantitative estimate of drug-likeness (QED) is 0.0309. The third-order valence-corrected chi connectivity index (χ3v) is 13.3. The minimum Gasteiger partial charge on any atom is -0.394 e. The Morgan fingerprint density at radius 1 is 0.375 bits per heavy atom. The number of carbonyl (C=O) groups is 1. The number of carbonyl (C=O) groups excluding carboxylic acids is 1. The molecule has 0 aromatic rings. The molecule has 0 bridgehead atoms. The molecule has 0 aliphatic rings. The highest BCUT2D eigenvalue weighted by Gasteiger charge is 2.28. The fourth-order valence-corrected chi connectivity index (χ4v) is 8.85. The average molecular weight is 903 g/mol. The van der Waals surface area contributed by atoms with Crippen molar-refractivity contribution in [1.82, 2.24) is 5.32 Å². The summed E-state index contributed by atoms with van der Waals surface area (Å²) in [5.41, 5.74) is 0. The van der Waals surface area contributed by atoms with Crippen molar-refractivity contribution in [2.45, 2.75) is 321 Å². The van der Waals surface area contributed by atoms with E-state index in [0.29, 0.717) is 19.3 Å². The molecule has 0 aromatic heterocycles. The first-order valence-corrected chi connectivity index (χ1v) is 28.4. The average Bonchev–Trinajstić information content (AvgIpc) is 3.30. The van der Waals surface area contributed by atoms with Gasteiger partial charge in [0.2, 0.25) is 5.91 Å². The van der Waals surface area contributed by atoms with Gasteiger partial charge in [0.1, 0.15) is 12.2 Å². The van der Waals surface area contributed by atoms with Gasteiger partial charge in [-0.25, -0.2) is 0 Å². The van der Waals surface area contributed by atoms with Gasteiger partial charge in [-0.15, -0.1) is 0 Å². The van der Waals surface area contributed by atoms with Crippen LogP contribution in [0.4, 0.5) is 0 Å². The molecule has 0 heterocycles. The van der Waals surface area contributed by atoms with Crippen LogP contribution in [0.1, 0.15) is 296 Å². The molecule has 378 valence electrons. The maximum atomic E-state index is 12.6. The Morgan fingerprint density at radius 3 is 0.984 bits per heavy atom. The highest BCUT2D eigenvalue weighted by Crippen LogP contribution is 2.17. The van der Waals surface area contributed by atoms with Crippen LogP contribution in [0.3, 0.4) is 0 Å². The lowest BCUT2D eigenvalue weighted by Crippen LogP contribution is -2.53. The number of allylic oxidation sites excluding steroid dienone is 6. The number of hydrogen-bond acceptors (Lipinski definition) is 5. The van der Waals surface area contributed by atoms with E-state index in [1.54, 1.807) is 0 Å². The minimum absolute atomic E-state index is 0.362. The molecule has 0 spiro atoms. The molecular weight excluding hydrogens is 791 g/mol. The van der Waals surface area contributed by atoms with Crippen LogP contribution in [0.5, 0.6) is 0 Å². The highest BCUT2D eigenvalue weighted by atomic mass is 16.3. The Hall–Kier alpha value is -1.47. The predicted octanol–water partition coefficient (Wildman–Crippen LogP) is 16.4. The van der Waals surface area contributed by atoms with Crippen molar-refractivity contribution in [3.63, 3.8) is 0 Å². The maximum absolute atomic E-state index is 12.6. The van der Waals surface area contributed by atoms with Crippen LogP contribution >= 0.6 is 0 Å². The van der Waals surface area contributed by atoms with Crippen molar-refractivity contribution in [3.05, 3.63) is 36.5 Å². The molecule has 0 aliphatic carbocycles. The van der Waals surface area contributed by atoms with E-state index in [1.807, 2.05) is 0 Å². The summed E-state index contributed by atoms with van der Waals surface area (Å²) in [5, 5.41) is 43.9. The lowest BCUT2D eigenvalue weighted by atomic mass is 10.00. The zero-order valence-corrected chi connectivity index (χ0v) is 42.8. The standard InChI is InChI=1S/C58H111NO5/c1-3-5-7-9-11-13-15-17-19-21-23-24-25-26-27-28-29-30-31-32-34-35-37-39-41-43-45-47-49-51-55(61)57(63)54(53-60)59-58(64)56(62)52-50-48-46-44-42-40-38-36-33-22-20-18-16-14-12-10-8-6-4-2/h30-31,35,37,43,45,54-57,60-63H,3-29,32-34,36,38-42,44,46-53H2,1-2H3,(H,59,64)/b31-30+,37-35+,45-43+. The van der Waals surface area contributed by atoms with Gasteiger partial charge in [0, 0.05) is 0 Å². The fraction of sp³-hybridized carbons (Fsp3) is 0.879. The normalized spacial score (nSPS) is 14.0. The smallest absolute Gasteiger partial charge is 0.249 e. The summed E-state index contributed by atoms with van der Waals surface area (Å²) in [5.74, 6) is -0.595. The zero-order valence-electron chi connectivity index (χ0n) is 42.8. The lowest BCUT2D eigenvalue weighted by Gasteiger charge is -2.27. The molecular formula is C58H111NO5. The molecule has 0 aromatic carbocycles. The zero-order chi connectivity index (χ0) is 46.7. The van der Waals surface area contributed by atoms with Crippen LogP contribution in [0, 0.1) is 0 Å². The van der Waals surface area contributed by atoms with Crippen LogP contribution in [0.25, 0.3) is 0 Å². The van der Waals surface area contributed by atoms with Crippen LogP contribution in [0.2, 0.25) is 0 Å². The summed E-state index contributed by atoms with van der Waals surface area (Å²) >= 11 is 0. The largest absolute Gasteiger partial charge is 0.394 e. The Kier molecular flexibility index (Phi) is 51.3. The van der Waals surface area contributed by atoms with E-state index < -0.39 is 36.9 Å². The van der Waals surface area contributed by atoms with Crippen LogP contribution in [0.15, 0.2) is 36.5 Å². The van der Waals surface area contributed by atoms with Crippen molar-refractivity contribution < 1.29 is 25.2 Å². The van der Waals surface area contributed by atoms with Gasteiger partial charge in [-0.1, -0.05) is 269 Å². The third-order valence-electron chi connectivity index (χ3n) is 13.3. The molecule has 4 unspecified atom stereocenters. The molecule has 0 fully saturated rings. The Labute approximate surface area is 398 Å². The number of unbranched alkanes of at least 4 members (excludes halogenated alkanes) is 37. The summed E-state index contributed by atoms with van der Waals surface area (Å²) in [6.07, 6.45) is 65.0. The van der Waals surface area contributed by atoms with Gasteiger partial charge in [-0.3, -0.25) is 4.79 Å². The molecule has 6 nitrogen and oxygen atoms in total. The first-order valence-electron chi connectivity index (χ1n) is 28.4. The number of aliphatic hydroxyl groups is 4. The second-order valence-corrected chi connectivity index (χ2v) is 19.6. The SMILES string of the molecule is CCCCCCCCCCCCCCCCCC/C=C/CC/C=C/CC/C=C/CCCC(O)C(O)C(CO)NC(=O)C(O)CCCCCCCCCCCCCCCCCCCCC. The summed E-state index contributed by atoms with van der Waals surface area (Å²) in [6, 6.07) is -1.01. The molecule has 5 N–H and O–H groups in total. The topological polar surface area (TPSA) is 110 Å². The van der Waals surface area contributed by atoms with E-state index in [1.165, 1.54) is 212 Å². The number of rotatable bonds is 52. The van der Waals surface area contributed by atoms with E-state index >= 15 is 0 Å². The van der Waals surface area contributed by atoms with E-state index in [9.17, 15) is 25.2 Å². The Balaban J connectivity index is 3.69. The van der Waals surface area contributed by atoms with Gasteiger partial charge in [-0.2, -0.15) is 0 Å². The third kappa shape index (κ3) is 45.7. The van der Waals surface area contributed by atoms with Crippen LogP contribution in [-0.2, 0) is 4.79 Å². The lowest BCUT2D eigenvalue weighted by molar-refractivity contribution is -0.132. The van der Waals surface area contributed by atoms with Gasteiger partial charge in [0.05, 0.1) is 18.8 Å². The molecule has 6 heteroatoms. The molecule has 0 saturated heterocycles. The number of nitrogens with one attached hydrogen (secondary N) is 1. The van der Waals surface area contributed by atoms with Gasteiger partial charge >= 0.3 is 0 Å². The number of hydrogen-bond donors (Lipinski definition) is 5. The first kappa shape index (κ1) is 62.5. The van der Waals surface area contributed by atoms with E-state index in [-0.39, 0.29) is 0 Å². The van der Waals surface area contributed by atoms with Crippen LogP contribution in [-0.4, -0.2) is 57.3 Å². The molecule has 0 saturated carbocycles.